The molecule has 0 amide bonds. The molecule has 2 rings (SSSR count). The molecule has 1 aromatic carbocycles. The number of halogens is 2. The van der Waals surface area contributed by atoms with Gasteiger partial charge in [-0.2, -0.15) is 0 Å². The Morgan fingerprint density at radius 2 is 1.71 bits per heavy atom. The second kappa shape index (κ2) is 7.12. The molecule has 0 spiro atoms. The molecule has 5 nitrogen and oxygen atoms in total. The molecule has 0 heterocycles. The van der Waals surface area contributed by atoms with E-state index in [1.165, 1.54) is 0 Å². The van der Waals surface area contributed by atoms with Crippen molar-refractivity contribution in [1.29, 1.82) is 0 Å². The van der Waals surface area contributed by atoms with E-state index in [1.54, 1.807) is 12.1 Å². The van der Waals surface area contributed by atoms with Crippen LogP contribution in [0.3, 0.4) is 0 Å². The zero-order chi connectivity index (χ0) is 15.6. The number of hydrogen-bond acceptors (Lipinski definition) is 4. The number of aromatic hydroxyl groups is 1. The third-order valence-corrected chi connectivity index (χ3v) is 5.18. The Kier molecular flexibility index (Phi) is 5.69. The number of ether oxygens (including phenoxy) is 1. The monoisotopic (exact) mass is 516 g/mol. The number of hydrogen-bond donors (Lipinski definition) is 2. The van der Waals surface area contributed by atoms with Crippen LogP contribution in [0.5, 0.6) is 5.75 Å². The topological polar surface area (TPSA) is 83.8 Å². The zero-order valence-electron chi connectivity index (χ0n) is 11.0. The Labute approximate surface area is 149 Å². The quantitative estimate of drug-likeness (QED) is 0.476. The van der Waals surface area contributed by atoms with E-state index >= 15 is 0 Å². The first-order chi connectivity index (χ1) is 9.90. The highest BCUT2D eigenvalue weighted by Crippen LogP contribution is 2.30. The number of carboxylic acids is 1. The SMILES string of the molecule is O=C(OC1CCCCC1C(=O)O)c1cc(I)c(O)c(I)c1. The zero-order valence-corrected chi connectivity index (χ0v) is 15.3. The summed E-state index contributed by atoms with van der Waals surface area (Å²) in [4.78, 5) is 23.4. The first kappa shape index (κ1) is 16.8. The Morgan fingerprint density at radius 3 is 2.29 bits per heavy atom. The molecular formula is C14H14I2O5. The van der Waals surface area contributed by atoms with Gasteiger partial charge in [-0.3, -0.25) is 4.79 Å². The third-order valence-electron chi connectivity index (χ3n) is 3.53. The normalized spacial score (nSPS) is 21.8. The molecule has 2 N–H and O–H groups in total. The highest BCUT2D eigenvalue weighted by Gasteiger charge is 2.34. The molecule has 0 aliphatic heterocycles. The van der Waals surface area contributed by atoms with Gasteiger partial charge in [-0.15, -0.1) is 0 Å². The van der Waals surface area contributed by atoms with Gasteiger partial charge in [-0.1, -0.05) is 6.42 Å². The molecule has 1 aliphatic rings. The van der Waals surface area contributed by atoms with Gasteiger partial charge in [0.2, 0.25) is 0 Å². The van der Waals surface area contributed by atoms with Gasteiger partial charge in [0.25, 0.3) is 0 Å². The number of rotatable bonds is 3. The van der Waals surface area contributed by atoms with Crippen molar-refractivity contribution in [2.45, 2.75) is 31.8 Å². The van der Waals surface area contributed by atoms with Crippen LogP contribution in [0, 0.1) is 13.1 Å². The van der Waals surface area contributed by atoms with Crippen LogP contribution in [0.4, 0.5) is 0 Å². The fourth-order valence-electron chi connectivity index (χ4n) is 2.41. The van der Waals surface area contributed by atoms with E-state index < -0.39 is 24.0 Å². The van der Waals surface area contributed by atoms with Crippen molar-refractivity contribution in [2.75, 3.05) is 0 Å². The molecular weight excluding hydrogens is 502 g/mol. The van der Waals surface area contributed by atoms with Crippen LogP contribution in [0.25, 0.3) is 0 Å². The van der Waals surface area contributed by atoms with E-state index in [-0.39, 0.29) is 5.75 Å². The van der Waals surface area contributed by atoms with Crippen molar-refractivity contribution in [1.82, 2.24) is 0 Å². The van der Waals surface area contributed by atoms with E-state index in [2.05, 4.69) is 0 Å². The summed E-state index contributed by atoms with van der Waals surface area (Å²) in [5, 5.41) is 18.9. The molecule has 0 radical (unpaired) electrons. The number of benzene rings is 1. The molecule has 1 saturated carbocycles. The molecule has 1 aliphatic carbocycles. The second-order valence-electron chi connectivity index (χ2n) is 4.96. The van der Waals surface area contributed by atoms with Crippen molar-refractivity contribution in [3.8, 4) is 5.75 Å². The molecule has 2 unspecified atom stereocenters. The standard InChI is InChI=1S/C14H14I2O5/c15-9-5-7(6-10(16)12(9)17)14(20)21-11-4-2-1-3-8(11)13(18)19/h5-6,8,11,17H,1-4H2,(H,18,19). The molecule has 1 aromatic rings. The van der Waals surface area contributed by atoms with Gasteiger partial charge >= 0.3 is 11.9 Å². The Balaban J connectivity index is 2.15. The maximum Gasteiger partial charge on any atom is 0.338 e. The number of phenolic OH excluding ortho intramolecular Hbond substituents is 1. The maximum atomic E-state index is 12.2. The smallest absolute Gasteiger partial charge is 0.338 e. The van der Waals surface area contributed by atoms with Crippen LogP contribution in [0.15, 0.2) is 12.1 Å². The summed E-state index contributed by atoms with van der Waals surface area (Å²) >= 11 is 3.88. The Hall–Kier alpha value is -0.580. The van der Waals surface area contributed by atoms with Crippen LogP contribution in [-0.4, -0.2) is 28.3 Å². The average molecular weight is 516 g/mol. The molecule has 21 heavy (non-hydrogen) atoms. The van der Waals surface area contributed by atoms with Crippen LogP contribution in [-0.2, 0) is 9.53 Å². The van der Waals surface area contributed by atoms with Crippen molar-refractivity contribution >= 4 is 57.1 Å². The molecule has 7 heteroatoms. The maximum absolute atomic E-state index is 12.2. The van der Waals surface area contributed by atoms with Crippen molar-refractivity contribution in [2.24, 2.45) is 5.92 Å². The number of carboxylic acid groups (broad SMARTS) is 1. The summed E-state index contributed by atoms with van der Waals surface area (Å²) in [6.45, 7) is 0. The predicted octanol–water partition coefficient (Wildman–Crippen LogP) is 3.40. The van der Waals surface area contributed by atoms with E-state index in [1.807, 2.05) is 45.2 Å². The summed E-state index contributed by atoms with van der Waals surface area (Å²) in [6, 6.07) is 3.08. The van der Waals surface area contributed by atoms with Crippen molar-refractivity contribution in [3.63, 3.8) is 0 Å². The van der Waals surface area contributed by atoms with Crippen molar-refractivity contribution in [3.05, 3.63) is 24.8 Å². The van der Waals surface area contributed by atoms with Gasteiger partial charge in [-0.05, 0) is 76.6 Å². The minimum atomic E-state index is -0.914. The minimum Gasteiger partial charge on any atom is -0.506 e. The number of aliphatic carboxylic acids is 1. The van der Waals surface area contributed by atoms with Gasteiger partial charge in [0, 0.05) is 0 Å². The third kappa shape index (κ3) is 3.99. The summed E-state index contributed by atoms with van der Waals surface area (Å²) < 4.78 is 6.51. The van der Waals surface area contributed by atoms with E-state index in [0.717, 1.165) is 12.8 Å². The van der Waals surface area contributed by atoms with E-state index in [4.69, 9.17) is 4.74 Å². The van der Waals surface area contributed by atoms with Crippen LogP contribution >= 0.6 is 45.2 Å². The van der Waals surface area contributed by atoms with Crippen molar-refractivity contribution < 1.29 is 24.5 Å². The number of carbonyl (C=O) groups excluding carboxylic acids is 1. The lowest BCUT2D eigenvalue weighted by molar-refractivity contribution is -0.147. The number of phenols is 1. The minimum absolute atomic E-state index is 0.133. The molecule has 114 valence electrons. The largest absolute Gasteiger partial charge is 0.506 e. The number of esters is 1. The second-order valence-corrected chi connectivity index (χ2v) is 7.29. The van der Waals surface area contributed by atoms with Gasteiger partial charge in [0.15, 0.2) is 0 Å². The van der Waals surface area contributed by atoms with Gasteiger partial charge in [-0.25, -0.2) is 4.79 Å². The summed E-state index contributed by atoms with van der Waals surface area (Å²) in [6.07, 6.45) is 2.26. The lowest BCUT2D eigenvalue weighted by Crippen LogP contribution is -2.35. The Morgan fingerprint density at radius 1 is 1.14 bits per heavy atom. The highest BCUT2D eigenvalue weighted by atomic mass is 127. The van der Waals surface area contributed by atoms with Gasteiger partial charge in [0.05, 0.1) is 18.6 Å². The number of carbonyl (C=O) groups is 2. The average Bonchev–Trinajstić information content (AvgIpc) is 2.44. The van der Waals surface area contributed by atoms with Crippen LogP contribution < -0.4 is 0 Å². The first-order valence-electron chi connectivity index (χ1n) is 6.52. The van der Waals surface area contributed by atoms with Gasteiger partial charge < -0.3 is 14.9 Å². The Bertz CT molecular complexity index is 549. The summed E-state index contributed by atoms with van der Waals surface area (Å²) in [7, 11) is 0. The van der Waals surface area contributed by atoms with Crippen LogP contribution in [0.1, 0.15) is 36.0 Å². The summed E-state index contributed by atoms with van der Waals surface area (Å²) in [5.41, 5.74) is 0.330. The molecule has 0 aromatic heterocycles. The lowest BCUT2D eigenvalue weighted by atomic mass is 9.86. The van der Waals surface area contributed by atoms with Crippen LogP contribution in [0.2, 0.25) is 0 Å². The lowest BCUT2D eigenvalue weighted by Gasteiger charge is -2.28. The molecule has 0 saturated heterocycles. The molecule has 1 fully saturated rings. The fourth-order valence-corrected chi connectivity index (χ4v) is 4.18. The van der Waals surface area contributed by atoms with E-state index in [9.17, 15) is 19.8 Å². The first-order valence-corrected chi connectivity index (χ1v) is 8.67. The molecule has 0 bridgehead atoms. The fraction of sp³-hybridized carbons (Fsp3) is 0.429. The van der Waals surface area contributed by atoms with E-state index in [0.29, 0.717) is 25.5 Å². The predicted molar refractivity (Wildman–Crippen MR) is 92.3 cm³/mol. The highest BCUT2D eigenvalue weighted by molar-refractivity contribution is 14.1. The summed E-state index contributed by atoms with van der Waals surface area (Å²) in [5.74, 6) is -1.95. The molecule has 2 atom stereocenters. The van der Waals surface area contributed by atoms with Gasteiger partial charge in [0.1, 0.15) is 11.9 Å².